The minimum Gasteiger partial charge on any atom is -0.497 e. The lowest BCUT2D eigenvalue weighted by molar-refractivity contribution is 0.414. The predicted molar refractivity (Wildman–Crippen MR) is 104 cm³/mol. The van der Waals surface area contributed by atoms with Crippen molar-refractivity contribution in [3.63, 3.8) is 0 Å². The predicted octanol–water partition coefficient (Wildman–Crippen LogP) is 4.16. The molecule has 0 unspecified atom stereocenters. The van der Waals surface area contributed by atoms with Gasteiger partial charge in [-0.1, -0.05) is 12.1 Å². The molecule has 1 aliphatic rings. The summed E-state index contributed by atoms with van der Waals surface area (Å²) >= 11 is 1.54. The van der Waals surface area contributed by atoms with E-state index in [2.05, 4.69) is 4.98 Å². The molecule has 0 saturated heterocycles. The SMILES string of the molecule is COc1ccc(-n2c3c(c(SCc4ccc(F)cc4)nc2=O)CCC3)cc1. The summed E-state index contributed by atoms with van der Waals surface area (Å²) in [6.07, 6.45) is 2.80. The van der Waals surface area contributed by atoms with Gasteiger partial charge in [-0.05, 0) is 61.2 Å². The summed E-state index contributed by atoms with van der Waals surface area (Å²) in [6, 6.07) is 13.9. The van der Waals surface area contributed by atoms with Gasteiger partial charge in [0, 0.05) is 17.0 Å². The summed E-state index contributed by atoms with van der Waals surface area (Å²) in [5, 5.41) is 0.793. The molecule has 6 heteroatoms. The first-order valence-electron chi connectivity index (χ1n) is 8.82. The molecular weight excluding hydrogens is 363 g/mol. The number of halogens is 1. The second-order valence-corrected chi connectivity index (χ2v) is 7.39. The van der Waals surface area contributed by atoms with E-state index in [1.807, 2.05) is 24.3 Å². The second-order valence-electron chi connectivity index (χ2n) is 6.43. The van der Waals surface area contributed by atoms with Crippen LogP contribution < -0.4 is 10.4 Å². The minimum atomic E-state index is -0.262. The van der Waals surface area contributed by atoms with Crippen LogP contribution in [-0.2, 0) is 18.6 Å². The fraction of sp³-hybridized carbons (Fsp3) is 0.238. The molecule has 27 heavy (non-hydrogen) atoms. The van der Waals surface area contributed by atoms with Crippen LogP contribution in [-0.4, -0.2) is 16.7 Å². The summed E-state index contributed by atoms with van der Waals surface area (Å²) in [7, 11) is 1.62. The average molecular weight is 382 g/mol. The van der Waals surface area contributed by atoms with E-state index < -0.39 is 0 Å². The van der Waals surface area contributed by atoms with Gasteiger partial charge < -0.3 is 4.74 Å². The van der Waals surface area contributed by atoms with Crippen LogP contribution in [0.3, 0.4) is 0 Å². The smallest absolute Gasteiger partial charge is 0.353 e. The quantitative estimate of drug-likeness (QED) is 0.491. The summed E-state index contributed by atoms with van der Waals surface area (Å²) < 4.78 is 20.0. The molecule has 3 aromatic rings. The first-order valence-corrected chi connectivity index (χ1v) is 9.81. The maximum absolute atomic E-state index is 13.1. The summed E-state index contributed by atoms with van der Waals surface area (Å²) in [4.78, 5) is 17.1. The van der Waals surface area contributed by atoms with Crippen molar-refractivity contribution in [3.05, 3.63) is 81.7 Å². The van der Waals surface area contributed by atoms with Crippen LogP contribution in [0.4, 0.5) is 4.39 Å². The Labute approximate surface area is 161 Å². The van der Waals surface area contributed by atoms with Gasteiger partial charge >= 0.3 is 5.69 Å². The largest absolute Gasteiger partial charge is 0.497 e. The van der Waals surface area contributed by atoms with Crippen LogP contribution in [0.2, 0.25) is 0 Å². The number of nitrogens with zero attached hydrogens (tertiary/aromatic N) is 2. The lowest BCUT2D eigenvalue weighted by Crippen LogP contribution is -2.25. The highest BCUT2D eigenvalue weighted by molar-refractivity contribution is 7.98. The number of hydrogen-bond acceptors (Lipinski definition) is 4. The van der Waals surface area contributed by atoms with Crippen molar-refractivity contribution in [1.82, 2.24) is 9.55 Å². The van der Waals surface area contributed by atoms with Crippen LogP contribution in [0, 0.1) is 5.82 Å². The highest BCUT2D eigenvalue weighted by Gasteiger charge is 2.22. The molecule has 0 saturated carbocycles. The van der Waals surface area contributed by atoms with Crippen molar-refractivity contribution in [2.45, 2.75) is 30.0 Å². The van der Waals surface area contributed by atoms with Crippen LogP contribution >= 0.6 is 11.8 Å². The Kier molecular flexibility index (Phi) is 4.99. The zero-order valence-corrected chi connectivity index (χ0v) is 15.8. The highest BCUT2D eigenvalue weighted by Crippen LogP contribution is 2.32. The van der Waals surface area contributed by atoms with Crippen molar-refractivity contribution in [2.24, 2.45) is 0 Å². The zero-order chi connectivity index (χ0) is 18.8. The van der Waals surface area contributed by atoms with Crippen LogP contribution in [0.15, 0.2) is 58.4 Å². The number of ether oxygens (including phenoxy) is 1. The van der Waals surface area contributed by atoms with E-state index in [-0.39, 0.29) is 11.5 Å². The van der Waals surface area contributed by atoms with Crippen molar-refractivity contribution in [3.8, 4) is 11.4 Å². The molecule has 1 aliphatic carbocycles. The van der Waals surface area contributed by atoms with E-state index in [0.29, 0.717) is 5.75 Å². The number of benzene rings is 2. The van der Waals surface area contributed by atoms with Gasteiger partial charge in [-0.2, -0.15) is 4.98 Å². The molecule has 138 valence electrons. The van der Waals surface area contributed by atoms with Crippen LogP contribution in [0.5, 0.6) is 5.75 Å². The third-order valence-electron chi connectivity index (χ3n) is 4.72. The maximum atomic E-state index is 13.1. The number of methoxy groups -OCH3 is 1. The lowest BCUT2D eigenvalue weighted by atomic mass is 10.2. The molecular formula is C21H19FN2O2S. The molecule has 0 aliphatic heterocycles. The number of hydrogen-bond donors (Lipinski definition) is 0. The van der Waals surface area contributed by atoms with Crippen molar-refractivity contribution < 1.29 is 9.13 Å². The highest BCUT2D eigenvalue weighted by atomic mass is 32.2. The summed E-state index contributed by atoms with van der Waals surface area (Å²) in [6.45, 7) is 0. The van der Waals surface area contributed by atoms with Crippen molar-refractivity contribution >= 4 is 11.8 Å². The van der Waals surface area contributed by atoms with Crippen LogP contribution in [0.25, 0.3) is 5.69 Å². The normalized spacial score (nSPS) is 12.8. The molecule has 0 N–H and O–H groups in total. The van der Waals surface area contributed by atoms with E-state index in [0.717, 1.165) is 52.5 Å². The molecule has 0 radical (unpaired) electrons. The Morgan fingerprint density at radius 2 is 1.85 bits per heavy atom. The van der Waals surface area contributed by atoms with Gasteiger partial charge in [0.1, 0.15) is 16.6 Å². The van der Waals surface area contributed by atoms with Gasteiger partial charge in [-0.3, -0.25) is 4.57 Å². The monoisotopic (exact) mass is 382 g/mol. The fourth-order valence-corrected chi connectivity index (χ4v) is 4.41. The second kappa shape index (κ2) is 7.56. The lowest BCUT2D eigenvalue weighted by Gasteiger charge is -2.14. The Bertz CT molecular complexity index is 1010. The van der Waals surface area contributed by atoms with Gasteiger partial charge in [0.25, 0.3) is 0 Å². The fourth-order valence-electron chi connectivity index (χ4n) is 3.37. The molecule has 4 rings (SSSR count). The molecule has 1 aromatic heterocycles. The molecule has 0 atom stereocenters. The van der Waals surface area contributed by atoms with Gasteiger partial charge in [0.05, 0.1) is 12.8 Å². The number of fused-ring (bicyclic) bond motifs is 1. The van der Waals surface area contributed by atoms with Crippen LogP contribution in [0.1, 0.15) is 23.2 Å². The van der Waals surface area contributed by atoms with Crippen molar-refractivity contribution in [1.29, 1.82) is 0 Å². The van der Waals surface area contributed by atoms with Gasteiger partial charge in [-0.25, -0.2) is 9.18 Å². The Morgan fingerprint density at radius 1 is 1.11 bits per heavy atom. The van der Waals surface area contributed by atoms with E-state index >= 15 is 0 Å². The zero-order valence-electron chi connectivity index (χ0n) is 14.9. The standard InChI is InChI=1S/C21H19FN2O2S/c1-26-17-11-9-16(10-12-17)24-19-4-2-3-18(19)20(23-21(24)25)27-13-14-5-7-15(22)8-6-14/h5-12H,2-4,13H2,1H3. The Balaban J connectivity index is 1.67. The molecule has 1 heterocycles. The first kappa shape index (κ1) is 17.8. The molecule has 0 bridgehead atoms. The average Bonchev–Trinajstić information content (AvgIpc) is 3.17. The van der Waals surface area contributed by atoms with Gasteiger partial charge in [-0.15, -0.1) is 11.8 Å². The summed E-state index contributed by atoms with van der Waals surface area (Å²) in [5.41, 5.74) is 3.75. The van der Waals surface area contributed by atoms with E-state index in [1.165, 1.54) is 12.1 Å². The van der Waals surface area contributed by atoms with Gasteiger partial charge in [0.15, 0.2) is 0 Å². The Hall–Kier alpha value is -2.60. The summed E-state index contributed by atoms with van der Waals surface area (Å²) in [5.74, 6) is 1.17. The Morgan fingerprint density at radius 3 is 2.56 bits per heavy atom. The van der Waals surface area contributed by atoms with Crippen molar-refractivity contribution in [2.75, 3.05) is 7.11 Å². The topological polar surface area (TPSA) is 44.1 Å². The first-order chi connectivity index (χ1) is 13.2. The van der Waals surface area contributed by atoms with E-state index in [1.54, 1.807) is 35.6 Å². The third-order valence-corrected chi connectivity index (χ3v) is 5.81. The van der Waals surface area contributed by atoms with E-state index in [4.69, 9.17) is 4.74 Å². The molecule has 4 nitrogen and oxygen atoms in total. The third kappa shape index (κ3) is 3.62. The molecule has 0 spiro atoms. The number of thioether (sulfide) groups is 1. The molecule has 0 amide bonds. The molecule has 2 aromatic carbocycles. The molecule has 0 fully saturated rings. The van der Waals surface area contributed by atoms with Gasteiger partial charge in [0.2, 0.25) is 0 Å². The number of aromatic nitrogens is 2. The maximum Gasteiger partial charge on any atom is 0.353 e. The van der Waals surface area contributed by atoms with E-state index in [9.17, 15) is 9.18 Å². The number of rotatable bonds is 5. The minimum absolute atomic E-state index is 0.246.